The van der Waals surface area contributed by atoms with Crippen LogP contribution < -0.4 is 11.1 Å². The lowest BCUT2D eigenvalue weighted by Crippen LogP contribution is -2.34. The van der Waals surface area contributed by atoms with Crippen molar-refractivity contribution in [2.45, 2.75) is 12.5 Å². The molecule has 1 aromatic heterocycles. The number of hydrogen-bond donors (Lipinski definition) is 2. The van der Waals surface area contributed by atoms with Crippen LogP contribution in [0.2, 0.25) is 0 Å². The zero-order chi connectivity index (χ0) is 8.39. The molecule has 3 N–H and O–H groups in total. The maximum atomic E-state index is 5.64. The molecule has 2 rings (SSSR count). The summed E-state index contributed by atoms with van der Waals surface area (Å²) in [5.41, 5.74) is 8.29. The van der Waals surface area contributed by atoms with E-state index in [0.29, 0.717) is 12.6 Å². The Morgan fingerprint density at radius 2 is 2.58 bits per heavy atom. The van der Waals surface area contributed by atoms with Crippen LogP contribution >= 0.6 is 0 Å². The third-order valence-electron chi connectivity index (χ3n) is 2.34. The van der Waals surface area contributed by atoms with Gasteiger partial charge in [0.05, 0.1) is 0 Å². The number of nitrogens with zero attached hydrogens (tertiary/aromatic N) is 1. The van der Waals surface area contributed by atoms with Crippen LogP contribution in [0.25, 0.3) is 0 Å². The molecule has 0 spiro atoms. The highest BCUT2D eigenvalue weighted by molar-refractivity contribution is 5.29. The molecule has 2 heterocycles. The molecular weight excluding hydrogens is 150 g/mol. The van der Waals surface area contributed by atoms with E-state index in [1.165, 1.54) is 11.1 Å². The quantitative estimate of drug-likeness (QED) is 0.623. The number of aromatic nitrogens is 1. The van der Waals surface area contributed by atoms with E-state index < -0.39 is 0 Å². The van der Waals surface area contributed by atoms with Crippen LogP contribution in [0.15, 0.2) is 18.5 Å². The molecule has 0 aromatic carbocycles. The predicted octanol–water partition coefficient (Wildman–Crippen LogP) is 0.227. The summed E-state index contributed by atoms with van der Waals surface area (Å²) in [5, 5.41) is 3.37. The van der Waals surface area contributed by atoms with Gasteiger partial charge in [0.15, 0.2) is 0 Å². The van der Waals surface area contributed by atoms with E-state index in [2.05, 4.69) is 16.4 Å². The maximum absolute atomic E-state index is 5.64. The van der Waals surface area contributed by atoms with Crippen LogP contribution in [0.1, 0.15) is 17.2 Å². The molecule has 3 heteroatoms. The number of hydrogen-bond acceptors (Lipinski definition) is 3. The van der Waals surface area contributed by atoms with Gasteiger partial charge in [-0.1, -0.05) is 0 Å². The SMILES string of the molecule is NCC1NCCc2cnccc21. The van der Waals surface area contributed by atoms with Gasteiger partial charge in [-0.05, 0) is 30.2 Å². The predicted molar refractivity (Wildman–Crippen MR) is 47.7 cm³/mol. The Morgan fingerprint density at radius 1 is 1.67 bits per heavy atom. The van der Waals surface area contributed by atoms with Crippen molar-refractivity contribution < 1.29 is 0 Å². The van der Waals surface area contributed by atoms with Gasteiger partial charge < -0.3 is 11.1 Å². The van der Waals surface area contributed by atoms with Gasteiger partial charge in [0.25, 0.3) is 0 Å². The Labute approximate surface area is 72.0 Å². The summed E-state index contributed by atoms with van der Waals surface area (Å²) in [6.07, 6.45) is 4.84. The molecule has 0 saturated carbocycles. The van der Waals surface area contributed by atoms with Crippen molar-refractivity contribution in [1.82, 2.24) is 10.3 Å². The van der Waals surface area contributed by atoms with E-state index >= 15 is 0 Å². The Bertz CT molecular complexity index is 272. The largest absolute Gasteiger partial charge is 0.329 e. The molecule has 0 saturated heterocycles. The second kappa shape index (κ2) is 3.21. The fourth-order valence-electron chi connectivity index (χ4n) is 1.69. The molecule has 0 radical (unpaired) electrons. The Balaban J connectivity index is 2.37. The van der Waals surface area contributed by atoms with Gasteiger partial charge in [0.2, 0.25) is 0 Å². The van der Waals surface area contributed by atoms with Gasteiger partial charge in [-0.15, -0.1) is 0 Å². The molecule has 64 valence electrons. The second-order valence-corrected chi connectivity index (χ2v) is 3.07. The molecule has 1 atom stereocenters. The zero-order valence-electron chi connectivity index (χ0n) is 6.96. The number of nitrogens with one attached hydrogen (secondary N) is 1. The number of nitrogens with two attached hydrogens (primary N) is 1. The highest BCUT2D eigenvalue weighted by Crippen LogP contribution is 2.20. The molecule has 3 nitrogen and oxygen atoms in total. The summed E-state index contributed by atoms with van der Waals surface area (Å²) >= 11 is 0. The highest BCUT2D eigenvalue weighted by Gasteiger charge is 2.17. The second-order valence-electron chi connectivity index (χ2n) is 3.07. The van der Waals surface area contributed by atoms with Gasteiger partial charge in [-0.3, -0.25) is 4.98 Å². The third kappa shape index (κ3) is 1.21. The highest BCUT2D eigenvalue weighted by atomic mass is 14.9. The summed E-state index contributed by atoms with van der Waals surface area (Å²) in [7, 11) is 0. The number of fused-ring (bicyclic) bond motifs is 1. The molecule has 0 amide bonds. The molecule has 1 aromatic rings. The van der Waals surface area contributed by atoms with Crippen molar-refractivity contribution in [3.8, 4) is 0 Å². The van der Waals surface area contributed by atoms with Crippen LogP contribution in [0.3, 0.4) is 0 Å². The van der Waals surface area contributed by atoms with Crippen LogP contribution in [0, 0.1) is 0 Å². The standard InChI is InChI=1S/C9H13N3/c10-5-9-8-2-3-11-6-7(8)1-4-12-9/h2-3,6,9,12H,1,4-5,10H2. The van der Waals surface area contributed by atoms with E-state index in [1.54, 1.807) is 0 Å². The molecule has 1 aliphatic rings. The van der Waals surface area contributed by atoms with Crippen LogP contribution in [-0.2, 0) is 6.42 Å². The number of pyridine rings is 1. The minimum Gasteiger partial charge on any atom is -0.329 e. The van der Waals surface area contributed by atoms with E-state index in [4.69, 9.17) is 5.73 Å². The maximum Gasteiger partial charge on any atom is 0.0448 e. The van der Waals surface area contributed by atoms with Crippen LogP contribution in [0.5, 0.6) is 0 Å². The van der Waals surface area contributed by atoms with Gasteiger partial charge in [-0.2, -0.15) is 0 Å². The van der Waals surface area contributed by atoms with Crippen LogP contribution in [-0.4, -0.2) is 18.1 Å². The van der Waals surface area contributed by atoms with Crippen molar-refractivity contribution in [1.29, 1.82) is 0 Å². The van der Waals surface area contributed by atoms with Gasteiger partial charge in [0.1, 0.15) is 0 Å². The molecule has 0 fully saturated rings. The van der Waals surface area contributed by atoms with Crippen molar-refractivity contribution in [3.05, 3.63) is 29.6 Å². The Hall–Kier alpha value is -0.930. The summed E-state index contributed by atoms with van der Waals surface area (Å²) in [4.78, 5) is 4.10. The summed E-state index contributed by atoms with van der Waals surface area (Å²) < 4.78 is 0. The fraction of sp³-hybridized carbons (Fsp3) is 0.444. The van der Waals surface area contributed by atoms with E-state index in [0.717, 1.165) is 13.0 Å². The third-order valence-corrected chi connectivity index (χ3v) is 2.34. The molecule has 0 aliphatic carbocycles. The molecule has 12 heavy (non-hydrogen) atoms. The molecule has 1 unspecified atom stereocenters. The van der Waals surface area contributed by atoms with Gasteiger partial charge >= 0.3 is 0 Å². The molecule has 1 aliphatic heterocycles. The van der Waals surface area contributed by atoms with Gasteiger partial charge in [-0.25, -0.2) is 0 Å². The Morgan fingerprint density at radius 3 is 3.42 bits per heavy atom. The smallest absolute Gasteiger partial charge is 0.0448 e. The average molecular weight is 163 g/mol. The Kier molecular flexibility index (Phi) is 2.06. The normalized spacial score (nSPS) is 21.9. The fourth-order valence-corrected chi connectivity index (χ4v) is 1.69. The van der Waals surface area contributed by atoms with Gasteiger partial charge in [0, 0.05) is 25.0 Å². The minimum absolute atomic E-state index is 0.330. The van der Waals surface area contributed by atoms with E-state index in [1.807, 2.05) is 12.4 Å². The first-order chi connectivity index (χ1) is 5.92. The molecule has 0 bridgehead atoms. The minimum atomic E-state index is 0.330. The van der Waals surface area contributed by atoms with E-state index in [-0.39, 0.29) is 0 Å². The zero-order valence-corrected chi connectivity index (χ0v) is 6.96. The topological polar surface area (TPSA) is 50.9 Å². The number of rotatable bonds is 1. The van der Waals surface area contributed by atoms with Crippen molar-refractivity contribution >= 4 is 0 Å². The first-order valence-corrected chi connectivity index (χ1v) is 4.28. The average Bonchev–Trinajstić information content (AvgIpc) is 2.17. The lowest BCUT2D eigenvalue weighted by molar-refractivity contribution is 0.512. The lowest BCUT2D eigenvalue weighted by Gasteiger charge is -2.25. The van der Waals surface area contributed by atoms with Crippen molar-refractivity contribution in [3.63, 3.8) is 0 Å². The van der Waals surface area contributed by atoms with Crippen LogP contribution in [0.4, 0.5) is 0 Å². The summed E-state index contributed by atoms with van der Waals surface area (Å²) in [6, 6.07) is 2.38. The summed E-state index contributed by atoms with van der Waals surface area (Å²) in [5.74, 6) is 0. The summed E-state index contributed by atoms with van der Waals surface area (Å²) in [6.45, 7) is 1.68. The molecular formula is C9H13N3. The monoisotopic (exact) mass is 163 g/mol. The van der Waals surface area contributed by atoms with E-state index in [9.17, 15) is 0 Å². The van der Waals surface area contributed by atoms with Crippen molar-refractivity contribution in [2.75, 3.05) is 13.1 Å². The first kappa shape index (κ1) is 7.71. The lowest BCUT2D eigenvalue weighted by atomic mass is 9.97. The van der Waals surface area contributed by atoms with Crippen molar-refractivity contribution in [2.24, 2.45) is 5.73 Å². The first-order valence-electron chi connectivity index (χ1n) is 4.28.